The lowest BCUT2D eigenvalue weighted by atomic mass is 9.74. The van der Waals surface area contributed by atoms with Crippen molar-refractivity contribution < 1.29 is 19.4 Å². The third-order valence-corrected chi connectivity index (χ3v) is 6.49. The zero-order valence-corrected chi connectivity index (χ0v) is 16.7. The average Bonchev–Trinajstić information content (AvgIpc) is 2.96. The maximum absolute atomic E-state index is 12.5. The van der Waals surface area contributed by atoms with Gasteiger partial charge in [-0.3, -0.25) is 14.5 Å². The van der Waals surface area contributed by atoms with Gasteiger partial charge in [0.25, 0.3) is 0 Å². The quantitative estimate of drug-likeness (QED) is 0.720. The van der Waals surface area contributed by atoms with Crippen molar-refractivity contribution in [2.75, 3.05) is 59.1 Å². The van der Waals surface area contributed by atoms with Crippen molar-refractivity contribution in [1.82, 2.24) is 14.7 Å². The lowest BCUT2D eigenvalue weighted by Crippen LogP contribution is -2.46. The topological polar surface area (TPSA) is 73.3 Å². The molecular formula is C20H33N3O4. The molecule has 3 aliphatic heterocycles. The molecule has 3 saturated heterocycles. The van der Waals surface area contributed by atoms with E-state index in [0.29, 0.717) is 19.6 Å². The van der Waals surface area contributed by atoms with Crippen LogP contribution in [0.2, 0.25) is 0 Å². The maximum atomic E-state index is 12.5. The molecule has 0 saturated carbocycles. The maximum Gasteiger partial charge on any atom is 0.246 e. The van der Waals surface area contributed by atoms with Crippen LogP contribution >= 0.6 is 0 Å². The SMILES string of the molecule is CC(=O)N1CC2(CCN(C(=O)/C=C/CN3CCOCC3)CC2)C[C@@]1(C)CO. The van der Waals surface area contributed by atoms with Crippen LogP contribution in [0.15, 0.2) is 12.2 Å². The number of morpholine rings is 1. The molecule has 0 bridgehead atoms. The van der Waals surface area contributed by atoms with Gasteiger partial charge in [0.15, 0.2) is 0 Å². The Morgan fingerprint density at radius 1 is 1.15 bits per heavy atom. The van der Waals surface area contributed by atoms with Gasteiger partial charge in [-0.05, 0) is 31.6 Å². The molecule has 0 radical (unpaired) electrons. The number of rotatable bonds is 4. The number of hydrogen-bond acceptors (Lipinski definition) is 5. The van der Waals surface area contributed by atoms with Crippen molar-refractivity contribution in [1.29, 1.82) is 0 Å². The molecule has 2 amide bonds. The fourth-order valence-electron chi connectivity index (χ4n) is 4.85. The second-order valence-electron chi connectivity index (χ2n) is 8.58. The molecule has 3 rings (SSSR count). The van der Waals surface area contributed by atoms with Crippen LogP contribution in [-0.2, 0) is 14.3 Å². The Morgan fingerprint density at radius 2 is 1.81 bits per heavy atom. The summed E-state index contributed by atoms with van der Waals surface area (Å²) < 4.78 is 5.33. The van der Waals surface area contributed by atoms with Gasteiger partial charge in [0.05, 0.1) is 25.4 Å². The van der Waals surface area contributed by atoms with Crippen molar-refractivity contribution in [3.8, 4) is 0 Å². The van der Waals surface area contributed by atoms with E-state index >= 15 is 0 Å². The van der Waals surface area contributed by atoms with Crippen molar-refractivity contribution in [3.63, 3.8) is 0 Å². The first-order valence-electron chi connectivity index (χ1n) is 10.0. The summed E-state index contributed by atoms with van der Waals surface area (Å²) in [5.41, 5.74) is -0.451. The number of carbonyl (C=O) groups excluding carboxylic acids is 2. The summed E-state index contributed by atoms with van der Waals surface area (Å²) in [6, 6.07) is 0. The first kappa shape index (κ1) is 20.3. The van der Waals surface area contributed by atoms with Crippen LogP contribution in [0.1, 0.15) is 33.1 Å². The fourth-order valence-corrected chi connectivity index (χ4v) is 4.85. The number of nitrogens with zero attached hydrogens (tertiary/aromatic N) is 3. The van der Waals surface area contributed by atoms with Crippen LogP contribution in [0.3, 0.4) is 0 Å². The zero-order valence-electron chi connectivity index (χ0n) is 16.7. The van der Waals surface area contributed by atoms with Crippen LogP contribution in [0.25, 0.3) is 0 Å². The van der Waals surface area contributed by atoms with E-state index in [4.69, 9.17) is 4.74 Å². The molecule has 0 aromatic heterocycles. The second-order valence-corrected chi connectivity index (χ2v) is 8.58. The minimum Gasteiger partial charge on any atom is -0.394 e. The van der Waals surface area contributed by atoms with Crippen molar-refractivity contribution >= 4 is 11.8 Å². The predicted molar refractivity (Wildman–Crippen MR) is 102 cm³/mol. The summed E-state index contributed by atoms with van der Waals surface area (Å²) in [4.78, 5) is 30.5. The van der Waals surface area contributed by atoms with Crippen LogP contribution in [-0.4, -0.2) is 96.2 Å². The molecule has 7 nitrogen and oxygen atoms in total. The number of hydrogen-bond donors (Lipinski definition) is 1. The molecule has 0 aromatic carbocycles. The highest BCUT2D eigenvalue weighted by atomic mass is 16.5. The summed E-state index contributed by atoms with van der Waals surface area (Å²) in [6.45, 7) is 9.80. The van der Waals surface area contributed by atoms with E-state index in [1.807, 2.05) is 22.8 Å². The van der Waals surface area contributed by atoms with Gasteiger partial charge in [0, 0.05) is 52.3 Å². The largest absolute Gasteiger partial charge is 0.394 e. The van der Waals surface area contributed by atoms with Gasteiger partial charge in [0.2, 0.25) is 11.8 Å². The lowest BCUT2D eigenvalue weighted by Gasteiger charge is -2.39. The Hall–Kier alpha value is -1.44. The Kier molecular flexibility index (Phi) is 6.23. The summed E-state index contributed by atoms with van der Waals surface area (Å²) >= 11 is 0. The Balaban J connectivity index is 1.51. The second kappa shape index (κ2) is 8.29. The lowest BCUT2D eigenvalue weighted by molar-refractivity contribution is -0.134. The van der Waals surface area contributed by atoms with Gasteiger partial charge in [-0.2, -0.15) is 0 Å². The molecule has 0 aromatic rings. The monoisotopic (exact) mass is 379 g/mol. The average molecular weight is 380 g/mol. The van der Waals surface area contributed by atoms with Gasteiger partial charge in [-0.1, -0.05) is 6.08 Å². The van der Waals surface area contributed by atoms with Gasteiger partial charge in [-0.15, -0.1) is 0 Å². The highest BCUT2D eigenvalue weighted by molar-refractivity contribution is 5.87. The van der Waals surface area contributed by atoms with Crippen molar-refractivity contribution in [2.24, 2.45) is 5.41 Å². The van der Waals surface area contributed by atoms with E-state index in [-0.39, 0.29) is 23.8 Å². The molecule has 152 valence electrons. The summed E-state index contributed by atoms with van der Waals surface area (Å²) in [6.07, 6.45) is 6.23. The highest BCUT2D eigenvalue weighted by Gasteiger charge is 2.52. The predicted octanol–water partition coefficient (Wildman–Crippen LogP) is 0.487. The Bertz CT molecular complexity index is 580. The molecule has 0 unspecified atom stereocenters. The number of ether oxygens (including phenoxy) is 1. The van der Waals surface area contributed by atoms with Crippen LogP contribution in [0.5, 0.6) is 0 Å². The van der Waals surface area contributed by atoms with E-state index in [1.54, 1.807) is 13.0 Å². The smallest absolute Gasteiger partial charge is 0.246 e. The zero-order chi connectivity index (χ0) is 19.5. The molecule has 1 spiro atoms. The first-order valence-corrected chi connectivity index (χ1v) is 10.0. The Labute approximate surface area is 161 Å². The minimum absolute atomic E-state index is 0.0126. The molecule has 7 heteroatoms. The molecular weight excluding hydrogens is 346 g/mol. The molecule has 0 aliphatic carbocycles. The highest BCUT2D eigenvalue weighted by Crippen LogP contribution is 2.47. The molecule has 3 aliphatic rings. The van der Waals surface area contributed by atoms with Gasteiger partial charge in [0.1, 0.15) is 0 Å². The van der Waals surface area contributed by atoms with E-state index in [0.717, 1.165) is 52.1 Å². The fraction of sp³-hybridized carbons (Fsp3) is 0.800. The third kappa shape index (κ3) is 4.52. The summed E-state index contributed by atoms with van der Waals surface area (Å²) in [5, 5.41) is 9.82. The normalized spacial score (nSPS) is 29.0. The Morgan fingerprint density at radius 3 is 2.37 bits per heavy atom. The van der Waals surface area contributed by atoms with Crippen LogP contribution < -0.4 is 0 Å². The van der Waals surface area contributed by atoms with Gasteiger partial charge in [-0.25, -0.2) is 0 Å². The standard InChI is InChI=1S/C20H33N3O4/c1-17(25)23-15-20(14-19(23,2)16-24)5-8-22(9-6-20)18(26)4-3-7-21-10-12-27-13-11-21/h3-4,24H,5-16H2,1-2H3/b4-3+/t19-/m0/s1. The van der Waals surface area contributed by atoms with Crippen LogP contribution in [0.4, 0.5) is 0 Å². The number of aliphatic hydroxyl groups is 1. The third-order valence-electron chi connectivity index (χ3n) is 6.49. The number of carbonyl (C=O) groups is 2. The molecule has 3 fully saturated rings. The van der Waals surface area contributed by atoms with Gasteiger partial charge >= 0.3 is 0 Å². The first-order chi connectivity index (χ1) is 12.9. The molecule has 27 heavy (non-hydrogen) atoms. The number of piperidine rings is 1. The van der Waals surface area contributed by atoms with Gasteiger partial charge < -0.3 is 19.6 Å². The van der Waals surface area contributed by atoms with Crippen molar-refractivity contribution in [2.45, 2.75) is 38.6 Å². The number of amides is 2. The number of likely N-dealkylation sites (tertiary alicyclic amines) is 2. The molecule has 3 heterocycles. The van der Waals surface area contributed by atoms with E-state index in [2.05, 4.69) is 4.90 Å². The minimum atomic E-state index is -0.476. The number of aliphatic hydroxyl groups excluding tert-OH is 1. The molecule has 1 N–H and O–H groups in total. The summed E-state index contributed by atoms with van der Waals surface area (Å²) in [5.74, 6) is 0.0948. The van der Waals surface area contributed by atoms with E-state index < -0.39 is 5.54 Å². The summed E-state index contributed by atoms with van der Waals surface area (Å²) in [7, 11) is 0. The van der Waals surface area contributed by atoms with Crippen LogP contribution in [0, 0.1) is 5.41 Å². The van der Waals surface area contributed by atoms with E-state index in [9.17, 15) is 14.7 Å². The van der Waals surface area contributed by atoms with E-state index in [1.165, 1.54) is 0 Å². The van der Waals surface area contributed by atoms with Crippen molar-refractivity contribution in [3.05, 3.63) is 12.2 Å². The molecule has 1 atom stereocenters.